The van der Waals surface area contributed by atoms with Crippen molar-refractivity contribution in [2.75, 3.05) is 0 Å². The predicted octanol–water partition coefficient (Wildman–Crippen LogP) is 0.997. The van der Waals surface area contributed by atoms with E-state index in [9.17, 15) is 18.4 Å². The number of nitrogens with zero attached hydrogens (tertiary/aromatic N) is 1. The topological polar surface area (TPSA) is 73.7 Å². The number of carbonyl (C=O) groups is 1. The number of halogens is 2. The van der Waals surface area contributed by atoms with Crippen LogP contribution in [0.1, 0.15) is 28.0 Å². The minimum absolute atomic E-state index is 0.121. The number of hydrogen-bond acceptors (Lipinski definition) is 3. The van der Waals surface area contributed by atoms with Crippen molar-refractivity contribution >= 4 is 6.29 Å². The van der Waals surface area contributed by atoms with E-state index in [1.165, 1.54) is 6.07 Å². The Morgan fingerprint density at radius 2 is 2.21 bits per heavy atom. The van der Waals surface area contributed by atoms with Gasteiger partial charge < -0.3 is 4.98 Å². The number of hydrogen-bond donors (Lipinski definition) is 1. The molecule has 0 aromatic carbocycles. The summed E-state index contributed by atoms with van der Waals surface area (Å²) in [5.41, 5.74) is -2.47. The van der Waals surface area contributed by atoms with Gasteiger partial charge in [0.15, 0.2) is 6.29 Å². The van der Waals surface area contributed by atoms with Crippen LogP contribution in [0.15, 0.2) is 10.9 Å². The highest BCUT2D eigenvalue weighted by Gasteiger charge is 2.17. The van der Waals surface area contributed by atoms with Crippen molar-refractivity contribution in [2.24, 2.45) is 0 Å². The van der Waals surface area contributed by atoms with E-state index in [0.717, 1.165) is 6.07 Å². The molecule has 4 nitrogen and oxygen atoms in total. The summed E-state index contributed by atoms with van der Waals surface area (Å²) in [6.07, 6.45) is -2.87. The van der Waals surface area contributed by atoms with Crippen LogP contribution in [0.2, 0.25) is 0 Å². The van der Waals surface area contributed by atoms with Crippen LogP contribution >= 0.6 is 0 Å². The fourth-order valence-electron chi connectivity index (χ4n) is 0.982. The molecule has 0 fully saturated rings. The molecule has 1 aromatic rings. The number of carbonyl (C=O) groups excluding carboxylic acids is 1. The van der Waals surface area contributed by atoms with Crippen molar-refractivity contribution in [3.63, 3.8) is 0 Å². The van der Waals surface area contributed by atoms with Gasteiger partial charge in [0.2, 0.25) is 5.56 Å². The predicted molar refractivity (Wildman–Crippen MR) is 42.1 cm³/mol. The van der Waals surface area contributed by atoms with Crippen LogP contribution in [0.5, 0.6) is 0 Å². The monoisotopic (exact) mass is 198 g/mol. The Kier molecular flexibility index (Phi) is 2.72. The zero-order chi connectivity index (χ0) is 10.7. The molecule has 1 heterocycles. The number of pyridine rings is 1. The first kappa shape index (κ1) is 10.1. The van der Waals surface area contributed by atoms with Gasteiger partial charge in [0, 0.05) is 6.07 Å². The largest absolute Gasteiger partial charge is 0.320 e. The first-order chi connectivity index (χ1) is 6.60. The van der Waals surface area contributed by atoms with E-state index in [0.29, 0.717) is 0 Å². The third-order valence-electron chi connectivity index (χ3n) is 1.57. The SMILES string of the molecule is N#Cc1cc(=O)[nH]c(C(F)F)c1C=O. The quantitative estimate of drug-likeness (QED) is 0.720. The molecule has 1 N–H and O–H groups in total. The summed E-state index contributed by atoms with van der Waals surface area (Å²) in [5, 5.41) is 8.47. The molecule has 0 aliphatic carbocycles. The standard InChI is InChI=1S/C8H4F2N2O2/c9-8(10)7-5(3-13)4(2-11)1-6(14)12-7/h1,3,8H,(H,12,14). The fraction of sp³-hybridized carbons (Fsp3) is 0.125. The second-order valence-electron chi connectivity index (χ2n) is 2.40. The summed E-state index contributed by atoms with van der Waals surface area (Å²) >= 11 is 0. The van der Waals surface area contributed by atoms with Gasteiger partial charge in [0.25, 0.3) is 6.43 Å². The Morgan fingerprint density at radius 3 is 2.64 bits per heavy atom. The number of nitriles is 1. The van der Waals surface area contributed by atoms with Crippen molar-refractivity contribution in [1.82, 2.24) is 4.98 Å². The Bertz CT molecular complexity index is 459. The summed E-state index contributed by atoms with van der Waals surface area (Å²) < 4.78 is 24.5. The number of rotatable bonds is 2. The third-order valence-corrected chi connectivity index (χ3v) is 1.57. The maximum Gasteiger partial charge on any atom is 0.279 e. The van der Waals surface area contributed by atoms with Crippen LogP contribution in [0.3, 0.4) is 0 Å². The average Bonchev–Trinajstić information content (AvgIpc) is 2.16. The molecular formula is C8H4F2N2O2. The Hall–Kier alpha value is -2.03. The van der Waals surface area contributed by atoms with Crippen molar-refractivity contribution in [3.05, 3.63) is 33.2 Å². The van der Waals surface area contributed by atoms with Crippen molar-refractivity contribution < 1.29 is 13.6 Å². The lowest BCUT2D eigenvalue weighted by molar-refractivity contribution is 0.110. The molecule has 0 unspecified atom stereocenters. The molecule has 1 rings (SSSR count). The zero-order valence-corrected chi connectivity index (χ0v) is 6.75. The Morgan fingerprint density at radius 1 is 1.57 bits per heavy atom. The highest BCUT2D eigenvalue weighted by atomic mass is 19.3. The van der Waals surface area contributed by atoms with Gasteiger partial charge >= 0.3 is 0 Å². The highest BCUT2D eigenvalue weighted by Crippen LogP contribution is 2.19. The maximum atomic E-state index is 12.3. The smallest absolute Gasteiger partial charge is 0.279 e. The molecule has 0 spiro atoms. The van der Waals surface area contributed by atoms with Crippen molar-refractivity contribution in [3.8, 4) is 6.07 Å². The van der Waals surface area contributed by atoms with Crippen LogP contribution < -0.4 is 5.56 Å². The van der Waals surface area contributed by atoms with E-state index < -0.39 is 23.2 Å². The second kappa shape index (κ2) is 3.79. The fourth-order valence-corrected chi connectivity index (χ4v) is 0.982. The highest BCUT2D eigenvalue weighted by molar-refractivity contribution is 5.80. The minimum Gasteiger partial charge on any atom is -0.320 e. The van der Waals surface area contributed by atoms with Gasteiger partial charge in [0.1, 0.15) is 6.07 Å². The molecule has 72 valence electrons. The first-order valence-corrected chi connectivity index (χ1v) is 3.50. The molecule has 0 radical (unpaired) electrons. The summed E-state index contributed by atoms with van der Waals surface area (Å²) in [7, 11) is 0. The lowest BCUT2D eigenvalue weighted by Gasteiger charge is -2.03. The van der Waals surface area contributed by atoms with Gasteiger partial charge in [-0.25, -0.2) is 8.78 Å². The number of aldehydes is 1. The Balaban J connectivity index is 3.57. The minimum atomic E-state index is -2.99. The zero-order valence-electron chi connectivity index (χ0n) is 6.75. The van der Waals surface area contributed by atoms with E-state index in [-0.39, 0.29) is 11.8 Å². The van der Waals surface area contributed by atoms with E-state index in [1.54, 1.807) is 0 Å². The molecule has 1 aromatic heterocycles. The van der Waals surface area contributed by atoms with E-state index in [4.69, 9.17) is 5.26 Å². The molecule has 0 atom stereocenters. The number of alkyl halides is 2. The number of H-pyrrole nitrogens is 1. The second-order valence-corrected chi connectivity index (χ2v) is 2.40. The average molecular weight is 198 g/mol. The van der Waals surface area contributed by atoms with Crippen LogP contribution in [-0.2, 0) is 0 Å². The summed E-state index contributed by atoms with van der Waals surface area (Å²) in [6.45, 7) is 0. The molecular weight excluding hydrogens is 194 g/mol. The molecule has 0 aliphatic heterocycles. The van der Waals surface area contributed by atoms with Gasteiger partial charge in [-0.15, -0.1) is 0 Å². The lowest BCUT2D eigenvalue weighted by Crippen LogP contribution is -2.13. The van der Waals surface area contributed by atoms with Gasteiger partial charge in [-0.1, -0.05) is 0 Å². The number of nitrogens with one attached hydrogen (secondary N) is 1. The van der Waals surface area contributed by atoms with Gasteiger partial charge in [-0.05, 0) is 0 Å². The van der Waals surface area contributed by atoms with E-state index >= 15 is 0 Å². The maximum absolute atomic E-state index is 12.3. The van der Waals surface area contributed by atoms with Gasteiger partial charge in [-0.2, -0.15) is 5.26 Å². The van der Waals surface area contributed by atoms with Crippen LogP contribution in [-0.4, -0.2) is 11.3 Å². The van der Waals surface area contributed by atoms with Crippen LogP contribution in [0.25, 0.3) is 0 Å². The van der Waals surface area contributed by atoms with Crippen molar-refractivity contribution in [1.29, 1.82) is 5.26 Å². The molecule has 0 amide bonds. The molecule has 6 heteroatoms. The number of aromatic nitrogens is 1. The first-order valence-electron chi connectivity index (χ1n) is 3.50. The lowest BCUT2D eigenvalue weighted by atomic mass is 10.1. The van der Waals surface area contributed by atoms with Crippen LogP contribution in [0.4, 0.5) is 8.78 Å². The van der Waals surface area contributed by atoms with E-state index in [2.05, 4.69) is 0 Å². The molecule has 14 heavy (non-hydrogen) atoms. The van der Waals surface area contributed by atoms with Crippen molar-refractivity contribution in [2.45, 2.75) is 6.43 Å². The normalized spacial score (nSPS) is 9.86. The third kappa shape index (κ3) is 1.66. The molecule has 0 bridgehead atoms. The Labute approximate surface area is 76.8 Å². The van der Waals surface area contributed by atoms with Crippen LogP contribution in [0, 0.1) is 11.3 Å². The van der Waals surface area contributed by atoms with E-state index in [1.807, 2.05) is 4.98 Å². The summed E-state index contributed by atoms with van der Waals surface area (Å²) in [4.78, 5) is 23.0. The molecule has 0 aliphatic rings. The van der Waals surface area contributed by atoms with Gasteiger partial charge in [-0.3, -0.25) is 9.59 Å². The summed E-state index contributed by atoms with van der Waals surface area (Å²) in [5.74, 6) is 0. The molecule has 0 saturated heterocycles. The number of aromatic amines is 1. The molecule has 0 saturated carbocycles. The summed E-state index contributed by atoms with van der Waals surface area (Å²) in [6, 6.07) is 2.30. The van der Waals surface area contributed by atoms with Gasteiger partial charge in [0.05, 0.1) is 16.8 Å².